The number of hydrogen-bond donors (Lipinski definition) is 1. The van der Waals surface area contributed by atoms with E-state index >= 15 is 0 Å². The molecule has 0 amide bonds. The smallest absolute Gasteiger partial charge is 0.0206 e. The van der Waals surface area contributed by atoms with Crippen molar-refractivity contribution in [3.63, 3.8) is 0 Å². The van der Waals surface area contributed by atoms with Crippen molar-refractivity contribution in [2.24, 2.45) is 0 Å². The van der Waals surface area contributed by atoms with Gasteiger partial charge >= 0.3 is 0 Å². The van der Waals surface area contributed by atoms with Crippen LogP contribution in [0.4, 0.5) is 0 Å². The third-order valence-corrected chi connectivity index (χ3v) is 3.97. The van der Waals surface area contributed by atoms with Crippen LogP contribution in [0.3, 0.4) is 0 Å². The van der Waals surface area contributed by atoms with Crippen molar-refractivity contribution < 1.29 is 0 Å². The molecule has 1 aromatic carbocycles. The van der Waals surface area contributed by atoms with E-state index in [1.165, 1.54) is 31.5 Å². The maximum atomic E-state index is 3.54. The van der Waals surface area contributed by atoms with Crippen molar-refractivity contribution in [1.29, 1.82) is 0 Å². The first-order valence-corrected chi connectivity index (χ1v) is 7.24. The molecule has 1 heterocycles. The van der Waals surface area contributed by atoms with Crippen LogP contribution in [0.1, 0.15) is 25.3 Å². The molecule has 1 aromatic rings. The van der Waals surface area contributed by atoms with Gasteiger partial charge in [0.1, 0.15) is 0 Å². The largest absolute Gasteiger partial charge is 0.311 e. The summed E-state index contributed by atoms with van der Waals surface area (Å²) in [6.45, 7) is 6.92. The molecule has 17 heavy (non-hydrogen) atoms. The number of nitrogens with zero attached hydrogens (tertiary/aromatic N) is 1. The summed E-state index contributed by atoms with van der Waals surface area (Å²) in [6, 6.07) is 9.18. The van der Waals surface area contributed by atoms with Crippen LogP contribution in [0.15, 0.2) is 28.7 Å². The Labute approximate surface area is 113 Å². The van der Waals surface area contributed by atoms with Crippen molar-refractivity contribution >= 4 is 15.9 Å². The molecule has 1 atom stereocenters. The van der Waals surface area contributed by atoms with Crippen LogP contribution < -0.4 is 5.32 Å². The maximum Gasteiger partial charge on any atom is 0.0206 e. The van der Waals surface area contributed by atoms with Crippen molar-refractivity contribution in [3.05, 3.63) is 34.3 Å². The van der Waals surface area contributed by atoms with Crippen LogP contribution in [0.25, 0.3) is 0 Å². The summed E-state index contributed by atoms with van der Waals surface area (Å²) < 4.78 is 1.15. The Morgan fingerprint density at radius 3 is 2.53 bits per heavy atom. The van der Waals surface area contributed by atoms with Crippen LogP contribution >= 0.6 is 15.9 Å². The molecule has 0 saturated carbocycles. The molecular weight excluding hydrogens is 276 g/mol. The van der Waals surface area contributed by atoms with E-state index < -0.39 is 0 Å². The van der Waals surface area contributed by atoms with E-state index in [1.54, 1.807) is 0 Å². The van der Waals surface area contributed by atoms with Gasteiger partial charge in [0.2, 0.25) is 0 Å². The fraction of sp³-hybridized carbons (Fsp3) is 0.571. The first-order chi connectivity index (χ1) is 8.25. The Morgan fingerprint density at radius 2 is 1.88 bits per heavy atom. The van der Waals surface area contributed by atoms with E-state index in [4.69, 9.17) is 0 Å². The lowest BCUT2D eigenvalue weighted by molar-refractivity contribution is 0.251. The summed E-state index contributed by atoms with van der Waals surface area (Å²) in [5.74, 6) is 0. The van der Waals surface area contributed by atoms with Gasteiger partial charge in [-0.1, -0.05) is 28.1 Å². The highest BCUT2D eigenvalue weighted by Gasteiger charge is 2.17. The molecular formula is C14H21BrN2. The summed E-state index contributed by atoms with van der Waals surface area (Å²) in [7, 11) is 0. The molecule has 0 bridgehead atoms. The van der Waals surface area contributed by atoms with Gasteiger partial charge in [-0.3, -0.25) is 4.90 Å². The van der Waals surface area contributed by atoms with Crippen molar-refractivity contribution in [1.82, 2.24) is 10.2 Å². The molecule has 2 nitrogen and oxygen atoms in total. The fourth-order valence-electron chi connectivity index (χ4n) is 2.34. The number of halogens is 1. The Morgan fingerprint density at radius 1 is 1.24 bits per heavy atom. The molecule has 1 aliphatic heterocycles. The summed E-state index contributed by atoms with van der Waals surface area (Å²) in [5.41, 5.74) is 1.35. The van der Waals surface area contributed by atoms with Gasteiger partial charge in [-0.15, -0.1) is 0 Å². The zero-order valence-electron chi connectivity index (χ0n) is 10.5. The van der Waals surface area contributed by atoms with Crippen LogP contribution in [0.5, 0.6) is 0 Å². The molecule has 1 aliphatic rings. The minimum absolute atomic E-state index is 0.660. The van der Waals surface area contributed by atoms with Gasteiger partial charge in [-0.25, -0.2) is 0 Å². The molecule has 0 radical (unpaired) electrons. The Hall–Kier alpha value is -0.380. The van der Waals surface area contributed by atoms with E-state index in [0.717, 1.165) is 17.6 Å². The molecule has 0 aromatic heterocycles. The molecule has 1 saturated heterocycles. The van der Waals surface area contributed by atoms with Gasteiger partial charge in [0.25, 0.3) is 0 Å². The minimum atomic E-state index is 0.660. The van der Waals surface area contributed by atoms with Gasteiger partial charge in [0.15, 0.2) is 0 Å². The van der Waals surface area contributed by atoms with Crippen molar-refractivity contribution in [2.45, 2.75) is 32.4 Å². The lowest BCUT2D eigenvalue weighted by Crippen LogP contribution is -2.38. The van der Waals surface area contributed by atoms with Crippen LogP contribution in [-0.2, 0) is 6.54 Å². The molecule has 1 unspecified atom stereocenters. The number of hydrogen-bond acceptors (Lipinski definition) is 2. The highest BCUT2D eigenvalue weighted by molar-refractivity contribution is 9.10. The highest BCUT2D eigenvalue weighted by Crippen LogP contribution is 2.12. The standard InChI is InChI=1S/C14H21BrN2/c1-12(17-8-2-3-9-17)10-16-11-13-4-6-14(15)7-5-13/h4-7,12,16H,2-3,8-11H2,1H3. The van der Waals surface area contributed by atoms with E-state index in [-0.39, 0.29) is 0 Å². The second-order valence-corrected chi connectivity index (χ2v) is 5.77. The molecule has 94 valence electrons. The lowest BCUT2D eigenvalue weighted by atomic mass is 10.2. The molecule has 1 N–H and O–H groups in total. The Kier molecular flexibility index (Phi) is 5.01. The number of likely N-dealkylation sites (tertiary alicyclic amines) is 1. The average molecular weight is 297 g/mol. The minimum Gasteiger partial charge on any atom is -0.311 e. The van der Waals surface area contributed by atoms with Crippen molar-refractivity contribution in [3.8, 4) is 0 Å². The fourth-order valence-corrected chi connectivity index (χ4v) is 2.60. The van der Waals surface area contributed by atoms with Gasteiger partial charge in [-0.2, -0.15) is 0 Å². The van der Waals surface area contributed by atoms with Crippen molar-refractivity contribution in [2.75, 3.05) is 19.6 Å². The van der Waals surface area contributed by atoms with Crippen LogP contribution in [0.2, 0.25) is 0 Å². The molecule has 0 spiro atoms. The predicted molar refractivity (Wildman–Crippen MR) is 76.1 cm³/mol. The number of benzene rings is 1. The monoisotopic (exact) mass is 296 g/mol. The van der Waals surface area contributed by atoms with Crippen LogP contribution in [0, 0.1) is 0 Å². The second-order valence-electron chi connectivity index (χ2n) is 4.85. The highest BCUT2D eigenvalue weighted by atomic mass is 79.9. The summed E-state index contributed by atoms with van der Waals surface area (Å²) in [4.78, 5) is 2.58. The molecule has 0 aliphatic carbocycles. The second kappa shape index (κ2) is 6.53. The maximum absolute atomic E-state index is 3.54. The zero-order valence-corrected chi connectivity index (χ0v) is 12.0. The summed E-state index contributed by atoms with van der Waals surface area (Å²) >= 11 is 3.45. The quantitative estimate of drug-likeness (QED) is 0.898. The Balaban J connectivity index is 1.70. The first-order valence-electron chi connectivity index (χ1n) is 6.45. The van der Waals surface area contributed by atoms with Gasteiger partial charge in [-0.05, 0) is 50.6 Å². The third-order valence-electron chi connectivity index (χ3n) is 3.45. The van der Waals surface area contributed by atoms with Gasteiger partial charge in [0, 0.05) is 23.6 Å². The normalized spacial score (nSPS) is 18.5. The van der Waals surface area contributed by atoms with E-state index in [1.807, 2.05) is 0 Å². The number of rotatable bonds is 5. The average Bonchev–Trinajstić information content (AvgIpc) is 2.85. The van der Waals surface area contributed by atoms with E-state index in [9.17, 15) is 0 Å². The van der Waals surface area contributed by atoms with Gasteiger partial charge in [0.05, 0.1) is 0 Å². The number of nitrogens with one attached hydrogen (secondary N) is 1. The molecule has 2 rings (SSSR count). The molecule has 3 heteroatoms. The lowest BCUT2D eigenvalue weighted by Gasteiger charge is -2.23. The predicted octanol–water partition coefficient (Wildman–Crippen LogP) is 3.02. The third kappa shape index (κ3) is 4.09. The zero-order chi connectivity index (χ0) is 12.1. The Bertz CT molecular complexity index is 331. The molecule has 1 fully saturated rings. The topological polar surface area (TPSA) is 15.3 Å². The van der Waals surface area contributed by atoms with E-state index in [0.29, 0.717) is 6.04 Å². The van der Waals surface area contributed by atoms with Gasteiger partial charge < -0.3 is 5.32 Å². The summed E-state index contributed by atoms with van der Waals surface area (Å²) in [6.07, 6.45) is 2.74. The first kappa shape index (κ1) is 13.1. The van der Waals surface area contributed by atoms with Crippen LogP contribution in [-0.4, -0.2) is 30.6 Å². The summed E-state index contributed by atoms with van der Waals surface area (Å²) in [5, 5.41) is 3.54. The van der Waals surface area contributed by atoms with E-state index in [2.05, 4.69) is 57.3 Å². The SMILES string of the molecule is CC(CNCc1ccc(Br)cc1)N1CCCC1.